The summed E-state index contributed by atoms with van der Waals surface area (Å²) in [5, 5.41) is 0. The summed E-state index contributed by atoms with van der Waals surface area (Å²) in [6.45, 7) is 12.3. The van der Waals surface area contributed by atoms with Crippen molar-refractivity contribution in [2.24, 2.45) is 11.1 Å². The molecule has 0 saturated carbocycles. The van der Waals surface area contributed by atoms with Gasteiger partial charge >= 0.3 is 0 Å². The van der Waals surface area contributed by atoms with Gasteiger partial charge in [0.2, 0.25) is 5.91 Å². The summed E-state index contributed by atoms with van der Waals surface area (Å²) in [5.41, 5.74) is 5.21. The molecular weight excluding hydrogens is 273 g/mol. The third-order valence-electron chi connectivity index (χ3n) is 3.42. The Labute approximate surface area is 123 Å². The number of nitrogens with two attached hydrogens (primary N) is 1. The Morgan fingerprint density at radius 3 is 1.94 bits per heavy atom. The summed E-state index contributed by atoms with van der Waals surface area (Å²) >= 11 is 0. The molecule has 1 saturated heterocycles. The number of amides is 1. The van der Waals surface area contributed by atoms with Crippen LogP contribution in [0.2, 0.25) is 0 Å². The van der Waals surface area contributed by atoms with Gasteiger partial charge in [0.1, 0.15) is 0 Å². The summed E-state index contributed by atoms with van der Waals surface area (Å²) < 4.78 is 0. The molecule has 6 heteroatoms. The van der Waals surface area contributed by atoms with Gasteiger partial charge in [-0.2, -0.15) is 0 Å². The average molecular weight is 300 g/mol. The van der Waals surface area contributed by atoms with Gasteiger partial charge in [-0.25, -0.2) is 0 Å². The number of hydrogen-bond donors (Lipinski definition) is 1. The molecule has 18 heavy (non-hydrogen) atoms. The molecule has 0 aliphatic carbocycles. The molecule has 0 aromatic carbocycles. The van der Waals surface area contributed by atoms with E-state index >= 15 is 0 Å². The molecule has 0 radical (unpaired) electrons. The lowest BCUT2D eigenvalue weighted by Crippen LogP contribution is -2.54. The number of nitrogens with zero attached hydrogens (tertiary/aromatic N) is 2. The molecule has 0 aromatic rings. The Kier molecular flexibility index (Phi) is 9.25. The van der Waals surface area contributed by atoms with Gasteiger partial charge in [-0.3, -0.25) is 9.69 Å². The van der Waals surface area contributed by atoms with Crippen molar-refractivity contribution < 1.29 is 4.79 Å². The molecule has 1 amide bonds. The minimum atomic E-state index is -0.417. The van der Waals surface area contributed by atoms with Crippen molar-refractivity contribution in [2.45, 2.75) is 33.7 Å². The van der Waals surface area contributed by atoms with E-state index in [1.165, 1.54) is 0 Å². The minimum absolute atomic E-state index is 0. The summed E-state index contributed by atoms with van der Waals surface area (Å²) in [7, 11) is 0. The van der Waals surface area contributed by atoms with Gasteiger partial charge in [0.25, 0.3) is 0 Å². The molecule has 1 aliphatic rings. The molecule has 4 nitrogen and oxygen atoms in total. The van der Waals surface area contributed by atoms with Crippen molar-refractivity contribution in [3.63, 3.8) is 0 Å². The van der Waals surface area contributed by atoms with E-state index in [9.17, 15) is 4.79 Å². The Hall–Kier alpha value is -0.0300. The SMILES string of the molecule is CC(C)N1CCN(C(=O)C(C)(C)CN)CC1.Cl.Cl. The Morgan fingerprint density at radius 2 is 1.61 bits per heavy atom. The molecule has 1 fully saturated rings. The maximum Gasteiger partial charge on any atom is 0.229 e. The number of piperazine rings is 1. The average Bonchev–Trinajstić information content (AvgIpc) is 2.28. The van der Waals surface area contributed by atoms with Gasteiger partial charge in [0.15, 0.2) is 0 Å². The normalized spacial score (nSPS) is 17.1. The van der Waals surface area contributed by atoms with Crippen LogP contribution in [-0.4, -0.2) is 54.5 Å². The van der Waals surface area contributed by atoms with E-state index < -0.39 is 5.41 Å². The van der Waals surface area contributed by atoms with Crippen LogP contribution >= 0.6 is 24.8 Å². The van der Waals surface area contributed by atoms with E-state index in [-0.39, 0.29) is 30.7 Å². The lowest BCUT2D eigenvalue weighted by Gasteiger charge is -2.39. The van der Waals surface area contributed by atoms with E-state index in [1.54, 1.807) is 0 Å². The van der Waals surface area contributed by atoms with E-state index in [0.717, 1.165) is 26.2 Å². The van der Waals surface area contributed by atoms with Crippen molar-refractivity contribution in [3.05, 3.63) is 0 Å². The van der Waals surface area contributed by atoms with E-state index in [1.807, 2.05) is 18.7 Å². The van der Waals surface area contributed by atoms with Gasteiger partial charge in [-0.15, -0.1) is 24.8 Å². The fourth-order valence-electron chi connectivity index (χ4n) is 1.96. The zero-order valence-electron chi connectivity index (χ0n) is 11.8. The van der Waals surface area contributed by atoms with Crippen LogP contribution in [0.4, 0.5) is 0 Å². The van der Waals surface area contributed by atoms with Crippen LogP contribution in [0.5, 0.6) is 0 Å². The molecule has 1 rings (SSSR count). The Bertz CT molecular complexity index is 252. The monoisotopic (exact) mass is 299 g/mol. The van der Waals surface area contributed by atoms with Crippen LogP contribution in [0.3, 0.4) is 0 Å². The maximum absolute atomic E-state index is 12.2. The number of hydrogen-bond acceptors (Lipinski definition) is 3. The quantitative estimate of drug-likeness (QED) is 0.856. The first kappa shape index (κ1) is 20.3. The second-order valence-corrected chi connectivity index (χ2v) is 5.51. The molecule has 0 aromatic heterocycles. The van der Waals surface area contributed by atoms with Crippen molar-refractivity contribution in [2.75, 3.05) is 32.7 Å². The predicted molar refractivity (Wildman–Crippen MR) is 80.6 cm³/mol. The molecule has 1 aliphatic heterocycles. The lowest BCUT2D eigenvalue weighted by molar-refractivity contribution is -0.141. The van der Waals surface area contributed by atoms with Gasteiger partial charge in [-0.05, 0) is 27.7 Å². The Balaban J connectivity index is 0. The first-order chi connectivity index (χ1) is 7.38. The van der Waals surface area contributed by atoms with Crippen LogP contribution in [0.1, 0.15) is 27.7 Å². The second kappa shape index (κ2) is 8.20. The van der Waals surface area contributed by atoms with E-state index in [2.05, 4.69) is 18.7 Å². The topological polar surface area (TPSA) is 49.6 Å². The van der Waals surface area contributed by atoms with Crippen LogP contribution in [0, 0.1) is 5.41 Å². The fourth-order valence-corrected chi connectivity index (χ4v) is 1.96. The zero-order valence-corrected chi connectivity index (χ0v) is 13.4. The summed E-state index contributed by atoms with van der Waals surface area (Å²) in [6, 6.07) is 0.569. The molecule has 0 atom stereocenters. The summed E-state index contributed by atoms with van der Waals surface area (Å²) in [4.78, 5) is 16.5. The van der Waals surface area contributed by atoms with Crippen LogP contribution < -0.4 is 5.73 Å². The molecule has 0 spiro atoms. The maximum atomic E-state index is 12.2. The highest BCUT2D eigenvalue weighted by molar-refractivity contribution is 5.85. The van der Waals surface area contributed by atoms with Crippen molar-refractivity contribution in [3.8, 4) is 0 Å². The minimum Gasteiger partial charge on any atom is -0.340 e. The highest BCUT2D eigenvalue weighted by Gasteiger charge is 2.32. The first-order valence-electron chi connectivity index (χ1n) is 6.12. The van der Waals surface area contributed by atoms with Crippen molar-refractivity contribution in [1.29, 1.82) is 0 Å². The number of rotatable bonds is 3. The highest BCUT2D eigenvalue weighted by atomic mass is 35.5. The molecule has 0 unspecified atom stereocenters. The smallest absolute Gasteiger partial charge is 0.229 e. The second-order valence-electron chi connectivity index (χ2n) is 5.51. The largest absolute Gasteiger partial charge is 0.340 e. The van der Waals surface area contributed by atoms with E-state index in [0.29, 0.717) is 12.6 Å². The third kappa shape index (κ3) is 4.92. The number of carbonyl (C=O) groups excluding carboxylic acids is 1. The third-order valence-corrected chi connectivity index (χ3v) is 3.42. The zero-order chi connectivity index (χ0) is 12.3. The standard InChI is InChI=1S/C12H25N3O.2ClH/c1-10(2)14-5-7-15(8-6-14)11(16)12(3,4)9-13;;/h10H,5-9,13H2,1-4H3;2*1H. The summed E-state index contributed by atoms with van der Waals surface area (Å²) in [6.07, 6.45) is 0. The van der Waals surface area contributed by atoms with Crippen LogP contribution in [0.15, 0.2) is 0 Å². The number of halogens is 2. The number of carbonyl (C=O) groups is 1. The van der Waals surface area contributed by atoms with E-state index in [4.69, 9.17) is 5.73 Å². The highest BCUT2D eigenvalue weighted by Crippen LogP contribution is 2.18. The molecule has 2 N–H and O–H groups in total. The Morgan fingerprint density at radius 1 is 1.17 bits per heavy atom. The van der Waals surface area contributed by atoms with Gasteiger partial charge in [0.05, 0.1) is 5.41 Å². The van der Waals surface area contributed by atoms with Crippen LogP contribution in [0.25, 0.3) is 0 Å². The van der Waals surface area contributed by atoms with Gasteiger partial charge < -0.3 is 10.6 Å². The van der Waals surface area contributed by atoms with Crippen LogP contribution in [-0.2, 0) is 4.79 Å². The lowest BCUT2D eigenvalue weighted by atomic mass is 9.91. The molecular formula is C12H27Cl2N3O. The summed E-state index contributed by atoms with van der Waals surface area (Å²) in [5.74, 6) is 0.193. The van der Waals surface area contributed by atoms with Gasteiger partial charge in [-0.1, -0.05) is 0 Å². The molecule has 1 heterocycles. The predicted octanol–water partition coefficient (Wildman–Crippen LogP) is 1.37. The van der Waals surface area contributed by atoms with Crippen molar-refractivity contribution >= 4 is 30.7 Å². The fraction of sp³-hybridized carbons (Fsp3) is 0.917. The van der Waals surface area contributed by atoms with Crippen molar-refractivity contribution in [1.82, 2.24) is 9.80 Å². The molecule has 0 bridgehead atoms. The van der Waals surface area contributed by atoms with Gasteiger partial charge in [0, 0.05) is 38.8 Å². The molecule has 110 valence electrons. The first-order valence-corrected chi connectivity index (χ1v) is 6.12.